The van der Waals surface area contributed by atoms with Crippen LogP contribution in [-0.2, 0) is 9.59 Å². The summed E-state index contributed by atoms with van der Waals surface area (Å²) < 4.78 is 0. The largest absolute Gasteiger partial charge is 0.361 e. The highest BCUT2D eigenvalue weighted by Gasteiger charge is 2.40. The predicted molar refractivity (Wildman–Crippen MR) is 112 cm³/mol. The van der Waals surface area contributed by atoms with Crippen molar-refractivity contribution in [3.05, 3.63) is 41.2 Å². The number of likely N-dealkylation sites (tertiary alicyclic amines) is 1. The van der Waals surface area contributed by atoms with Gasteiger partial charge in [0.25, 0.3) is 5.91 Å². The number of benzene rings is 1. The van der Waals surface area contributed by atoms with E-state index in [2.05, 4.69) is 15.5 Å². The summed E-state index contributed by atoms with van der Waals surface area (Å²) in [4.78, 5) is 44.8. The second-order valence-corrected chi connectivity index (χ2v) is 8.23. The molecule has 0 radical (unpaired) electrons. The highest BCUT2D eigenvalue weighted by molar-refractivity contribution is 6.30. The maximum absolute atomic E-state index is 12.6. The van der Waals surface area contributed by atoms with Crippen LogP contribution in [0.4, 0.5) is 10.5 Å². The third-order valence-corrected chi connectivity index (χ3v) is 5.89. The Balaban J connectivity index is 1.21. The van der Waals surface area contributed by atoms with Gasteiger partial charge in [0.15, 0.2) is 0 Å². The molecule has 4 rings (SSSR count). The van der Waals surface area contributed by atoms with E-state index in [-0.39, 0.29) is 24.4 Å². The number of carbonyl (C=O) groups is 3. The van der Waals surface area contributed by atoms with Gasteiger partial charge in [-0.2, -0.15) is 0 Å². The van der Waals surface area contributed by atoms with Crippen molar-refractivity contribution in [1.82, 2.24) is 24.9 Å². The van der Waals surface area contributed by atoms with Crippen LogP contribution in [0.1, 0.15) is 12.8 Å². The summed E-state index contributed by atoms with van der Waals surface area (Å²) in [6.07, 6.45) is 3.37. The first-order valence-electron chi connectivity index (χ1n) is 9.97. The Hall–Kier alpha value is -2.94. The fraction of sp³-hybridized carbons (Fsp3) is 0.450. The monoisotopic (exact) mass is 432 g/mol. The zero-order chi connectivity index (χ0) is 21.3. The smallest absolute Gasteiger partial charge is 0.319 e. The normalized spacial score (nSPS) is 19.1. The lowest BCUT2D eigenvalue weighted by Crippen LogP contribution is -2.50. The molecule has 0 bridgehead atoms. The summed E-state index contributed by atoms with van der Waals surface area (Å²) >= 11 is 5.82. The number of nitrogens with one attached hydrogen (secondary N) is 2. The van der Waals surface area contributed by atoms with E-state index in [1.165, 1.54) is 0 Å². The van der Waals surface area contributed by atoms with E-state index in [0.717, 1.165) is 25.2 Å². The summed E-state index contributed by atoms with van der Waals surface area (Å²) in [6.45, 7) is 2.43. The van der Waals surface area contributed by atoms with Gasteiger partial charge in [-0.25, -0.2) is 4.79 Å². The number of hydrogen-bond acceptors (Lipinski definition) is 5. The summed E-state index contributed by atoms with van der Waals surface area (Å²) in [6, 6.07) is 6.43. The minimum absolute atomic E-state index is 0.0697. The molecule has 3 heterocycles. The van der Waals surface area contributed by atoms with Gasteiger partial charge in [0.2, 0.25) is 5.91 Å². The second kappa shape index (κ2) is 8.43. The average Bonchev–Trinajstić information content (AvgIpc) is 3.25. The third kappa shape index (κ3) is 4.30. The van der Waals surface area contributed by atoms with Crippen LogP contribution in [0.3, 0.4) is 0 Å². The number of hydrogen-bond donors (Lipinski definition) is 2. The van der Waals surface area contributed by atoms with Crippen LogP contribution in [0.25, 0.3) is 0 Å². The van der Waals surface area contributed by atoms with E-state index < -0.39 is 6.03 Å². The van der Waals surface area contributed by atoms with Crippen molar-refractivity contribution in [2.75, 3.05) is 45.3 Å². The van der Waals surface area contributed by atoms with Crippen LogP contribution in [0, 0.1) is 0 Å². The molecule has 2 N–H and O–H groups in total. The number of urea groups is 1. The minimum Gasteiger partial charge on any atom is -0.361 e. The first-order valence-corrected chi connectivity index (χ1v) is 10.3. The third-order valence-electron chi connectivity index (χ3n) is 5.64. The molecule has 0 aromatic heterocycles. The van der Waals surface area contributed by atoms with Gasteiger partial charge in [0.05, 0.1) is 19.9 Å². The molecule has 3 aliphatic heterocycles. The number of halogens is 1. The molecule has 0 saturated carbocycles. The molecule has 2 fully saturated rings. The fourth-order valence-corrected chi connectivity index (χ4v) is 4.19. The number of piperidine rings is 1. The van der Waals surface area contributed by atoms with E-state index in [0.29, 0.717) is 30.5 Å². The van der Waals surface area contributed by atoms with Crippen LogP contribution in [0.15, 0.2) is 36.2 Å². The van der Waals surface area contributed by atoms with Gasteiger partial charge in [-0.15, -0.1) is 0 Å². The molecule has 2 saturated heterocycles. The summed E-state index contributed by atoms with van der Waals surface area (Å²) in [5.74, 6) is -0.0536. The zero-order valence-electron chi connectivity index (χ0n) is 16.8. The molecule has 0 unspecified atom stereocenters. The Morgan fingerprint density at radius 1 is 1.13 bits per heavy atom. The lowest BCUT2D eigenvalue weighted by molar-refractivity contribution is -0.133. The van der Waals surface area contributed by atoms with E-state index in [4.69, 9.17) is 11.6 Å². The molecule has 1 aromatic carbocycles. The van der Waals surface area contributed by atoms with Gasteiger partial charge in [-0.05, 0) is 37.1 Å². The molecule has 9 nitrogen and oxygen atoms in total. The molecule has 3 aliphatic rings. The van der Waals surface area contributed by atoms with E-state index in [9.17, 15) is 14.4 Å². The maximum atomic E-state index is 12.6. The topological polar surface area (TPSA) is 88.2 Å². The quantitative estimate of drug-likeness (QED) is 0.748. The molecule has 30 heavy (non-hydrogen) atoms. The predicted octanol–water partition coefficient (Wildman–Crippen LogP) is 1.30. The Morgan fingerprint density at radius 3 is 2.50 bits per heavy atom. The standard InChI is InChI=1S/C20H25ClN6O3/c1-24-11-17-19(29)27(13-26(17)12-24)16-6-8-25(9-7-16)18(28)10-22-20(30)23-15-4-2-14(21)3-5-15/h2-5,11,16H,6-10,12-13H2,1H3,(H2,22,23,30). The van der Waals surface area contributed by atoms with Gasteiger partial charge in [-0.3, -0.25) is 9.59 Å². The van der Waals surface area contributed by atoms with Crippen molar-refractivity contribution >= 4 is 35.1 Å². The van der Waals surface area contributed by atoms with Crippen LogP contribution in [0.5, 0.6) is 0 Å². The van der Waals surface area contributed by atoms with Gasteiger partial charge < -0.3 is 30.2 Å². The molecule has 10 heteroatoms. The summed E-state index contributed by atoms with van der Waals surface area (Å²) in [5.41, 5.74) is 1.36. The van der Waals surface area contributed by atoms with Gasteiger partial charge in [-0.1, -0.05) is 11.6 Å². The fourth-order valence-electron chi connectivity index (χ4n) is 4.07. The Bertz CT molecular complexity index is 866. The van der Waals surface area contributed by atoms with Crippen LogP contribution in [0.2, 0.25) is 5.02 Å². The molecular formula is C20H25ClN6O3. The molecule has 1 aromatic rings. The van der Waals surface area contributed by atoms with Crippen molar-refractivity contribution in [3.8, 4) is 0 Å². The van der Waals surface area contributed by atoms with Crippen molar-refractivity contribution in [2.24, 2.45) is 0 Å². The van der Waals surface area contributed by atoms with Crippen molar-refractivity contribution in [3.63, 3.8) is 0 Å². The average molecular weight is 433 g/mol. The van der Waals surface area contributed by atoms with Gasteiger partial charge in [0, 0.05) is 43.1 Å². The van der Waals surface area contributed by atoms with Crippen LogP contribution < -0.4 is 10.6 Å². The number of rotatable bonds is 4. The Kier molecular flexibility index (Phi) is 5.72. The number of anilines is 1. The first-order chi connectivity index (χ1) is 14.4. The number of fused-ring (bicyclic) bond motifs is 1. The molecule has 0 aliphatic carbocycles. The van der Waals surface area contributed by atoms with Crippen LogP contribution >= 0.6 is 11.6 Å². The molecule has 4 amide bonds. The molecule has 0 atom stereocenters. The highest BCUT2D eigenvalue weighted by Crippen LogP contribution is 2.28. The number of nitrogens with zero attached hydrogens (tertiary/aromatic N) is 4. The number of carbonyl (C=O) groups excluding carboxylic acids is 3. The molecule has 0 spiro atoms. The maximum Gasteiger partial charge on any atom is 0.319 e. The Morgan fingerprint density at radius 2 is 1.83 bits per heavy atom. The van der Waals surface area contributed by atoms with E-state index in [1.54, 1.807) is 29.2 Å². The Labute approximate surface area is 180 Å². The molecular weight excluding hydrogens is 408 g/mol. The first kappa shape index (κ1) is 20.3. The lowest BCUT2D eigenvalue weighted by Gasteiger charge is -2.36. The van der Waals surface area contributed by atoms with E-state index in [1.807, 2.05) is 23.0 Å². The van der Waals surface area contributed by atoms with Gasteiger partial charge in [0.1, 0.15) is 5.70 Å². The van der Waals surface area contributed by atoms with E-state index >= 15 is 0 Å². The van der Waals surface area contributed by atoms with Gasteiger partial charge >= 0.3 is 6.03 Å². The minimum atomic E-state index is -0.443. The lowest BCUT2D eigenvalue weighted by atomic mass is 10.0. The zero-order valence-corrected chi connectivity index (χ0v) is 17.6. The highest BCUT2D eigenvalue weighted by atomic mass is 35.5. The number of amides is 4. The van der Waals surface area contributed by atoms with Crippen molar-refractivity contribution < 1.29 is 14.4 Å². The second-order valence-electron chi connectivity index (χ2n) is 7.80. The SMILES string of the molecule is CN1C=C2C(=O)N(C3CCN(C(=O)CNC(=O)Nc4ccc(Cl)cc4)CC3)CN2C1. The summed E-state index contributed by atoms with van der Waals surface area (Å²) in [5, 5.41) is 5.83. The summed E-state index contributed by atoms with van der Waals surface area (Å²) in [7, 11) is 1.96. The molecule has 160 valence electrons. The van der Waals surface area contributed by atoms with Crippen molar-refractivity contribution in [1.29, 1.82) is 0 Å². The van der Waals surface area contributed by atoms with Crippen LogP contribution in [-0.4, -0.2) is 83.5 Å². The van der Waals surface area contributed by atoms with Crippen molar-refractivity contribution in [2.45, 2.75) is 18.9 Å².